The fourth-order valence-electron chi connectivity index (χ4n) is 4.05. The van der Waals surface area contributed by atoms with Crippen molar-refractivity contribution in [2.45, 2.75) is 76.0 Å². The molecular formula is C27H44N8O6. The summed E-state index contributed by atoms with van der Waals surface area (Å²) < 4.78 is 0. The van der Waals surface area contributed by atoms with E-state index in [-0.39, 0.29) is 38.1 Å². The number of carbonyl (C=O) groups is 5. The smallest absolute Gasteiger partial charge is 0.303 e. The fourth-order valence-corrected chi connectivity index (χ4v) is 4.05. The van der Waals surface area contributed by atoms with Crippen molar-refractivity contribution in [1.29, 1.82) is 5.41 Å². The zero-order valence-corrected chi connectivity index (χ0v) is 23.7. The van der Waals surface area contributed by atoms with E-state index in [0.29, 0.717) is 19.4 Å². The Labute approximate surface area is 240 Å². The minimum Gasteiger partial charge on any atom is -0.481 e. The first-order valence-corrected chi connectivity index (χ1v) is 13.5. The number of carboxylic acids is 1. The van der Waals surface area contributed by atoms with E-state index in [1.807, 2.05) is 0 Å². The number of benzene rings is 1. The van der Waals surface area contributed by atoms with Gasteiger partial charge in [0.15, 0.2) is 0 Å². The number of primary amides is 1. The molecule has 0 bridgehead atoms. The maximum Gasteiger partial charge on any atom is 0.303 e. The van der Waals surface area contributed by atoms with Crippen LogP contribution in [0.2, 0.25) is 0 Å². The van der Waals surface area contributed by atoms with Crippen LogP contribution in [0.25, 0.3) is 0 Å². The third-order valence-corrected chi connectivity index (χ3v) is 6.43. The summed E-state index contributed by atoms with van der Waals surface area (Å²) in [7, 11) is 1.37. The van der Waals surface area contributed by atoms with Gasteiger partial charge in [0, 0.05) is 26.4 Å². The molecule has 1 aromatic rings. The molecule has 41 heavy (non-hydrogen) atoms. The predicted octanol–water partition coefficient (Wildman–Crippen LogP) is -1.19. The summed E-state index contributed by atoms with van der Waals surface area (Å²) in [5.74, 6) is -3.61. The molecule has 1 rings (SSSR count). The Morgan fingerprint density at radius 3 is 2.17 bits per heavy atom. The van der Waals surface area contributed by atoms with Gasteiger partial charge >= 0.3 is 5.97 Å². The van der Waals surface area contributed by atoms with Gasteiger partial charge in [-0.15, -0.1) is 0 Å². The minimum absolute atomic E-state index is 0.0792. The second kappa shape index (κ2) is 18.3. The molecule has 1 aromatic carbocycles. The summed E-state index contributed by atoms with van der Waals surface area (Å²) in [5, 5.41) is 24.6. The molecule has 4 atom stereocenters. The van der Waals surface area contributed by atoms with Gasteiger partial charge in [0.1, 0.15) is 18.1 Å². The van der Waals surface area contributed by atoms with E-state index in [9.17, 15) is 29.1 Å². The van der Waals surface area contributed by atoms with Crippen molar-refractivity contribution < 1.29 is 29.1 Å². The van der Waals surface area contributed by atoms with E-state index in [2.05, 4.69) is 16.0 Å². The van der Waals surface area contributed by atoms with Gasteiger partial charge in [0.2, 0.25) is 23.6 Å². The number of likely N-dealkylation sites (N-methyl/N-ethyl adjacent to an activating group) is 1. The Morgan fingerprint density at radius 2 is 1.61 bits per heavy atom. The molecule has 0 fully saturated rings. The van der Waals surface area contributed by atoms with Crippen molar-refractivity contribution in [3.63, 3.8) is 0 Å². The molecule has 0 spiro atoms. The van der Waals surface area contributed by atoms with E-state index in [1.165, 1.54) is 7.05 Å². The molecule has 0 aliphatic carbocycles. The highest BCUT2D eigenvalue weighted by Gasteiger charge is 2.34. The number of nitrogens with two attached hydrogens (primary N) is 3. The summed E-state index contributed by atoms with van der Waals surface area (Å²) in [5.41, 5.74) is 17.7. The van der Waals surface area contributed by atoms with E-state index in [1.54, 1.807) is 37.3 Å². The molecule has 11 N–H and O–H groups in total. The Hall–Kier alpha value is -4.04. The van der Waals surface area contributed by atoms with Crippen molar-refractivity contribution in [2.24, 2.45) is 17.2 Å². The molecule has 4 amide bonds. The van der Waals surface area contributed by atoms with E-state index < -0.39 is 60.2 Å². The lowest BCUT2D eigenvalue weighted by Gasteiger charge is -2.32. The Kier molecular flexibility index (Phi) is 15.6. The second-order valence-corrected chi connectivity index (χ2v) is 9.84. The van der Waals surface area contributed by atoms with Crippen LogP contribution in [0.1, 0.15) is 51.0 Å². The van der Waals surface area contributed by atoms with Crippen LogP contribution in [0.15, 0.2) is 30.3 Å². The molecule has 14 heteroatoms. The number of nitrogens with one attached hydrogen (secondary N) is 4. The molecule has 0 aromatic heterocycles. The molecule has 1 unspecified atom stereocenters. The van der Waals surface area contributed by atoms with E-state index in [0.717, 1.165) is 10.5 Å². The quantitative estimate of drug-likeness (QED) is 0.0559. The standard InChI is InChI=1S/C27H44N8O6/c1-17(29)32-15-7-10-19(30)25(39)34-21(12-13-23(36)37)27(41)35(2)22(16-18-8-4-3-5-9-18)26(40)33-20(24(31)38)11-6-14-28/h3-5,8-9,19-22H,6-7,10-16,28,30H2,1-2H3,(H2,29,32)(H2,31,38)(H,33,40)(H,34,39)(H,36,37)/t19-,20-,21?,22-/m0/s1. The monoisotopic (exact) mass is 576 g/mol. The molecular weight excluding hydrogens is 532 g/mol. The molecule has 0 radical (unpaired) electrons. The van der Waals surface area contributed by atoms with Crippen molar-refractivity contribution in [3.8, 4) is 0 Å². The van der Waals surface area contributed by atoms with Gasteiger partial charge in [0.25, 0.3) is 0 Å². The van der Waals surface area contributed by atoms with E-state index >= 15 is 0 Å². The van der Waals surface area contributed by atoms with Crippen LogP contribution in [-0.2, 0) is 30.4 Å². The first kappa shape index (κ1) is 35.0. The summed E-state index contributed by atoms with van der Waals surface area (Å²) in [4.78, 5) is 64.2. The van der Waals surface area contributed by atoms with E-state index in [4.69, 9.17) is 22.6 Å². The van der Waals surface area contributed by atoms with Crippen LogP contribution >= 0.6 is 0 Å². The highest BCUT2D eigenvalue weighted by Crippen LogP contribution is 2.13. The Balaban J connectivity index is 3.16. The maximum absolute atomic E-state index is 13.6. The number of hydrogen-bond donors (Lipinski definition) is 8. The predicted molar refractivity (Wildman–Crippen MR) is 154 cm³/mol. The Morgan fingerprint density at radius 1 is 0.976 bits per heavy atom. The third kappa shape index (κ3) is 13.2. The lowest BCUT2D eigenvalue weighted by atomic mass is 10.0. The van der Waals surface area contributed by atoms with Crippen LogP contribution in [0.3, 0.4) is 0 Å². The summed E-state index contributed by atoms with van der Waals surface area (Å²) in [6.07, 6.45) is 0.840. The van der Waals surface area contributed by atoms with Crippen LogP contribution < -0.4 is 33.2 Å². The number of rotatable bonds is 19. The van der Waals surface area contributed by atoms with Crippen LogP contribution in [0.4, 0.5) is 0 Å². The average molecular weight is 577 g/mol. The van der Waals surface area contributed by atoms with Crippen molar-refractivity contribution in [1.82, 2.24) is 20.9 Å². The highest BCUT2D eigenvalue weighted by atomic mass is 16.4. The van der Waals surface area contributed by atoms with Gasteiger partial charge < -0.3 is 43.2 Å². The summed E-state index contributed by atoms with van der Waals surface area (Å²) >= 11 is 0. The Bertz CT molecular complexity index is 1040. The van der Waals surface area contributed by atoms with Crippen molar-refractivity contribution in [3.05, 3.63) is 35.9 Å². The molecule has 0 saturated heterocycles. The SMILES string of the molecule is CC(=N)NCCC[C@H](N)C(=O)NC(CCC(=O)O)C(=O)N(C)[C@@H](Cc1ccccc1)C(=O)N[C@@H](CCCN)C(N)=O. The molecule has 14 nitrogen and oxygen atoms in total. The topological polar surface area (TPSA) is 247 Å². The van der Waals surface area contributed by atoms with Crippen molar-refractivity contribution in [2.75, 3.05) is 20.1 Å². The molecule has 228 valence electrons. The number of aliphatic carboxylic acids is 1. The zero-order valence-electron chi connectivity index (χ0n) is 23.7. The summed E-state index contributed by atoms with van der Waals surface area (Å²) in [6.45, 7) is 2.31. The largest absolute Gasteiger partial charge is 0.481 e. The maximum atomic E-state index is 13.6. The lowest BCUT2D eigenvalue weighted by molar-refractivity contribution is -0.143. The highest BCUT2D eigenvalue weighted by molar-refractivity contribution is 5.94. The molecule has 0 heterocycles. The number of carboxylic acid groups (broad SMARTS) is 1. The third-order valence-electron chi connectivity index (χ3n) is 6.43. The number of nitrogens with zero attached hydrogens (tertiary/aromatic N) is 1. The van der Waals surface area contributed by atoms with Gasteiger partial charge in [-0.25, -0.2) is 0 Å². The normalized spacial score (nSPS) is 13.7. The zero-order chi connectivity index (χ0) is 30.9. The number of amidine groups is 1. The number of hydrogen-bond acceptors (Lipinski definition) is 8. The minimum atomic E-state index is -1.27. The first-order valence-electron chi connectivity index (χ1n) is 13.5. The van der Waals surface area contributed by atoms with Gasteiger partial charge in [-0.2, -0.15) is 0 Å². The van der Waals surface area contributed by atoms with Gasteiger partial charge in [-0.1, -0.05) is 30.3 Å². The number of carbonyl (C=O) groups excluding carboxylic acids is 4. The number of amides is 4. The van der Waals surface area contributed by atoms with Gasteiger partial charge in [0.05, 0.1) is 11.9 Å². The van der Waals surface area contributed by atoms with Crippen molar-refractivity contribution >= 4 is 35.4 Å². The second-order valence-electron chi connectivity index (χ2n) is 9.84. The summed E-state index contributed by atoms with van der Waals surface area (Å²) in [6, 6.07) is 4.53. The first-order chi connectivity index (χ1) is 19.4. The molecule has 0 aliphatic heterocycles. The molecule has 0 aliphatic rings. The molecule has 0 saturated carbocycles. The average Bonchev–Trinajstić information content (AvgIpc) is 2.93. The lowest BCUT2D eigenvalue weighted by Crippen LogP contribution is -2.58. The van der Waals surface area contributed by atoms with Gasteiger partial charge in [-0.3, -0.25) is 29.4 Å². The van der Waals surface area contributed by atoms with Crippen LogP contribution in [0, 0.1) is 5.41 Å². The van der Waals surface area contributed by atoms with Gasteiger partial charge in [-0.05, 0) is 51.1 Å². The van der Waals surface area contributed by atoms with Crippen LogP contribution in [-0.4, -0.2) is 89.7 Å². The fraction of sp³-hybridized carbons (Fsp3) is 0.556. The van der Waals surface area contributed by atoms with Crippen LogP contribution in [0.5, 0.6) is 0 Å².